The van der Waals surface area contributed by atoms with E-state index in [0.717, 1.165) is 48.7 Å². The van der Waals surface area contributed by atoms with Crippen LogP contribution in [-0.4, -0.2) is 38.4 Å². The molecule has 3 rings (SSSR count). The number of fused-ring (bicyclic) bond motifs is 1. The zero-order valence-electron chi connectivity index (χ0n) is 18.7. The number of anilines is 1. The van der Waals surface area contributed by atoms with Crippen molar-refractivity contribution in [1.82, 2.24) is 0 Å². The summed E-state index contributed by atoms with van der Waals surface area (Å²) < 4.78 is 11.7. The summed E-state index contributed by atoms with van der Waals surface area (Å²) in [5, 5.41) is 0. The molecule has 2 unspecified atom stereocenters. The van der Waals surface area contributed by atoms with Crippen molar-refractivity contribution in [2.45, 2.75) is 52.1 Å². The van der Waals surface area contributed by atoms with Crippen LogP contribution in [0.25, 0.3) is 0 Å². The fraction of sp³-hybridized carbons (Fsp3) is 0.480. The van der Waals surface area contributed by atoms with Crippen molar-refractivity contribution < 1.29 is 24.0 Å². The van der Waals surface area contributed by atoms with Crippen LogP contribution in [0.15, 0.2) is 48.5 Å². The minimum Gasteiger partial charge on any atom is -0.492 e. The second-order valence-corrected chi connectivity index (χ2v) is 7.73. The van der Waals surface area contributed by atoms with Crippen LogP contribution in [0.5, 0.6) is 11.5 Å². The number of hydrogen-bond acceptors (Lipinski definition) is 6. The first-order valence-corrected chi connectivity index (χ1v) is 11.2. The van der Waals surface area contributed by atoms with Crippen molar-refractivity contribution in [2.24, 2.45) is 0 Å². The molecule has 31 heavy (non-hydrogen) atoms. The van der Waals surface area contributed by atoms with Crippen LogP contribution in [0.3, 0.4) is 0 Å². The summed E-state index contributed by atoms with van der Waals surface area (Å²) in [4.78, 5) is 23.9. The van der Waals surface area contributed by atoms with Crippen LogP contribution in [0.1, 0.15) is 51.5 Å². The third kappa shape index (κ3) is 6.37. The molecular weight excluding hydrogens is 394 g/mol. The molecule has 168 valence electrons. The Morgan fingerprint density at radius 1 is 1.13 bits per heavy atom. The number of hydrogen-bond donors (Lipinski definition) is 0. The molecule has 2 aromatic rings. The van der Waals surface area contributed by atoms with E-state index < -0.39 is 0 Å². The summed E-state index contributed by atoms with van der Waals surface area (Å²) in [6.45, 7) is 8.77. The first-order chi connectivity index (χ1) is 15.1. The van der Waals surface area contributed by atoms with E-state index in [1.165, 1.54) is 0 Å². The molecule has 0 saturated heterocycles. The van der Waals surface area contributed by atoms with Gasteiger partial charge in [-0.1, -0.05) is 44.5 Å². The van der Waals surface area contributed by atoms with Gasteiger partial charge in [0.25, 0.3) is 0 Å². The second kappa shape index (κ2) is 11.6. The van der Waals surface area contributed by atoms with Gasteiger partial charge in [-0.2, -0.15) is 4.89 Å². The number of carbonyl (C=O) groups is 1. The molecule has 1 heterocycles. The van der Waals surface area contributed by atoms with E-state index >= 15 is 0 Å². The zero-order chi connectivity index (χ0) is 22.1. The maximum absolute atomic E-state index is 11.4. The quantitative estimate of drug-likeness (QED) is 0.366. The monoisotopic (exact) mass is 427 g/mol. The van der Waals surface area contributed by atoms with Gasteiger partial charge in [0.2, 0.25) is 0 Å². The van der Waals surface area contributed by atoms with Crippen LogP contribution in [-0.2, 0) is 14.6 Å². The summed E-state index contributed by atoms with van der Waals surface area (Å²) in [7, 11) is 0. The van der Waals surface area contributed by atoms with Crippen LogP contribution >= 0.6 is 0 Å². The van der Waals surface area contributed by atoms with E-state index in [0.29, 0.717) is 19.6 Å². The lowest BCUT2D eigenvalue weighted by molar-refractivity contribution is -0.298. The number of benzene rings is 2. The Morgan fingerprint density at radius 3 is 2.65 bits per heavy atom. The predicted octanol–water partition coefficient (Wildman–Crippen LogP) is 5.12. The van der Waals surface area contributed by atoms with Crippen molar-refractivity contribution >= 4 is 11.7 Å². The van der Waals surface area contributed by atoms with E-state index in [9.17, 15) is 4.79 Å². The molecule has 0 amide bonds. The molecule has 6 nitrogen and oxygen atoms in total. The van der Waals surface area contributed by atoms with Gasteiger partial charge in [-0.25, -0.2) is 4.79 Å². The van der Waals surface area contributed by atoms with Crippen LogP contribution < -0.4 is 14.4 Å². The Morgan fingerprint density at radius 2 is 1.90 bits per heavy atom. The molecule has 0 spiro atoms. The maximum atomic E-state index is 11.4. The van der Waals surface area contributed by atoms with Crippen LogP contribution in [0.4, 0.5) is 5.69 Å². The average Bonchev–Trinajstić information content (AvgIpc) is 2.81. The van der Waals surface area contributed by atoms with Crippen LogP contribution in [0.2, 0.25) is 0 Å². The van der Waals surface area contributed by atoms with E-state index in [2.05, 4.69) is 30.0 Å². The van der Waals surface area contributed by atoms with Crippen molar-refractivity contribution in [1.29, 1.82) is 0 Å². The minimum absolute atomic E-state index is 0.147. The van der Waals surface area contributed by atoms with Gasteiger partial charge < -0.3 is 14.4 Å². The van der Waals surface area contributed by atoms with Crippen molar-refractivity contribution in [2.75, 3.05) is 31.2 Å². The third-order valence-corrected chi connectivity index (χ3v) is 5.51. The molecule has 0 aliphatic carbocycles. The van der Waals surface area contributed by atoms with E-state index in [4.69, 9.17) is 19.2 Å². The Labute approximate surface area is 185 Å². The molecule has 0 saturated carbocycles. The number of rotatable bonds is 11. The molecule has 6 heteroatoms. The maximum Gasteiger partial charge on any atom is 0.342 e. The molecule has 0 bridgehead atoms. The number of ether oxygens (including phenoxy) is 2. The highest BCUT2D eigenvalue weighted by molar-refractivity contribution is 5.68. The smallest absolute Gasteiger partial charge is 0.342 e. The second-order valence-electron chi connectivity index (χ2n) is 7.73. The largest absolute Gasteiger partial charge is 0.492 e. The van der Waals surface area contributed by atoms with Gasteiger partial charge >= 0.3 is 5.97 Å². The summed E-state index contributed by atoms with van der Waals surface area (Å²) in [6.07, 6.45) is 2.04. The zero-order valence-corrected chi connectivity index (χ0v) is 18.7. The molecule has 0 aromatic heterocycles. The van der Waals surface area contributed by atoms with Crippen molar-refractivity contribution in [3.05, 3.63) is 54.1 Å². The van der Waals surface area contributed by atoms with E-state index in [1.54, 1.807) is 6.92 Å². The lowest BCUT2D eigenvalue weighted by Crippen LogP contribution is -2.35. The fourth-order valence-electron chi connectivity index (χ4n) is 3.78. The third-order valence-electron chi connectivity index (χ3n) is 5.51. The van der Waals surface area contributed by atoms with Crippen LogP contribution in [0, 0.1) is 0 Å². The lowest BCUT2D eigenvalue weighted by atomic mass is 9.90. The highest BCUT2D eigenvalue weighted by atomic mass is 17.2. The standard InChI is InChI=1S/C25H33NO5/c1-4-8-22(19(3)30-31-25(27)5-2)20-11-13-21(14-12-20)28-17-15-26-16-18-29-24-10-7-6-9-23(24)26/h6-7,9-14,19,22H,4-5,8,15-18H2,1-3H3. The highest BCUT2D eigenvalue weighted by Crippen LogP contribution is 2.31. The molecule has 0 fully saturated rings. The average molecular weight is 428 g/mol. The minimum atomic E-state index is -0.353. The summed E-state index contributed by atoms with van der Waals surface area (Å²) in [6, 6.07) is 16.2. The Balaban J connectivity index is 1.53. The van der Waals surface area contributed by atoms with Gasteiger partial charge in [0.05, 0.1) is 18.8 Å². The molecule has 1 aliphatic rings. The molecular formula is C25H33NO5. The van der Waals surface area contributed by atoms with Gasteiger partial charge in [0.1, 0.15) is 30.8 Å². The number of nitrogens with zero attached hydrogens (tertiary/aromatic N) is 1. The normalized spacial score (nSPS) is 14.9. The Kier molecular flexibility index (Phi) is 8.59. The van der Waals surface area contributed by atoms with Gasteiger partial charge in [-0.15, -0.1) is 0 Å². The highest BCUT2D eigenvalue weighted by Gasteiger charge is 2.22. The molecule has 2 aromatic carbocycles. The van der Waals surface area contributed by atoms with E-state index in [-0.39, 0.29) is 18.0 Å². The number of para-hydroxylation sites is 2. The first-order valence-electron chi connectivity index (χ1n) is 11.2. The van der Waals surface area contributed by atoms with E-state index in [1.807, 2.05) is 37.3 Å². The van der Waals surface area contributed by atoms with Gasteiger partial charge in [-0.3, -0.25) is 4.89 Å². The first kappa shape index (κ1) is 22.9. The fourth-order valence-corrected chi connectivity index (χ4v) is 3.78. The summed E-state index contributed by atoms with van der Waals surface area (Å²) in [5.74, 6) is 1.56. The van der Waals surface area contributed by atoms with Gasteiger partial charge in [-0.05, 0) is 43.2 Å². The molecule has 0 N–H and O–H groups in total. The lowest BCUT2D eigenvalue weighted by Gasteiger charge is -2.31. The molecule has 2 atom stereocenters. The Bertz CT molecular complexity index is 823. The SMILES string of the molecule is CCCC(c1ccc(OCCN2CCOc3ccccc32)cc1)C(C)OOC(=O)CC. The Hall–Kier alpha value is -2.73. The van der Waals surface area contributed by atoms with Gasteiger partial charge in [0.15, 0.2) is 0 Å². The molecule has 0 radical (unpaired) electrons. The summed E-state index contributed by atoms with van der Waals surface area (Å²) >= 11 is 0. The number of carbonyl (C=O) groups excluding carboxylic acids is 1. The summed E-state index contributed by atoms with van der Waals surface area (Å²) in [5.41, 5.74) is 2.27. The topological polar surface area (TPSA) is 57.2 Å². The van der Waals surface area contributed by atoms with Gasteiger partial charge in [0, 0.05) is 12.3 Å². The molecule has 1 aliphatic heterocycles. The predicted molar refractivity (Wildman–Crippen MR) is 121 cm³/mol. The van der Waals surface area contributed by atoms with Crippen molar-refractivity contribution in [3.63, 3.8) is 0 Å². The van der Waals surface area contributed by atoms with Crippen molar-refractivity contribution in [3.8, 4) is 11.5 Å².